The highest BCUT2D eigenvalue weighted by Gasteiger charge is 2.31. The number of benzene rings is 1. The molecule has 1 aromatic rings. The van der Waals surface area contributed by atoms with Gasteiger partial charge in [-0.3, -0.25) is 0 Å². The van der Waals surface area contributed by atoms with Crippen LogP contribution in [-0.4, -0.2) is 25.6 Å². The average molecular weight is 313 g/mol. The maximum Gasteiger partial charge on any atom is 0.363 e. The molecule has 0 N–H and O–H groups in total. The van der Waals surface area contributed by atoms with Crippen LogP contribution in [0.2, 0.25) is 0 Å². The van der Waals surface area contributed by atoms with E-state index in [0.717, 1.165) is 22.6 Å². The highest BCUT2D eigenvalue weighted by Crippen LogP contribution is 2.32. The molecule has 0 radical (unpaired) electrons. The first kappa shape index (κ1) is 15.3. The van der Waals surface area contributed by atoms with Gasteiger partial charge in [-0.05, 0) is 29.9 Å². The number of esters is 1. The molecule has 0 spiro atoms. The zero-order valence-electron chi connectivity index (χ0n) is 13.7. The maximum absolute atomic E-state index is 11.9. The second-order valence-corrected chi connectivity index (χ2v) is 6.50. The monoisotopic (exact) mass is 313 g/mol. The third-order valence-electron chi connectivity index (χ3n) is 3.54. The van der Waals surface area contributed by atoms with Gasteiger partial charge in [0, 0.05) is 17.0 Å². The summed E-state index contributed by atoms with van der Waals surface area (Å²) in [4.78, 5) is 16.3. The molecular formula is C18H19NO4. The number of nitrogens with zero attached hydrogens (tertiary/aromatic N) is 1. The number of hydrogen-bond acceptors (Lipinski definition) is 5. The zero-order valence-corrected chi connectivity index (χ0v) is 13.7. The van der Waals surface area contributed by atoms with Crippen LogP contribution in [0.15, 0.2) is 40.5 Å². The predicted octanol–water partition coefficient (Wildman–Crippen LogP) is 3.36. The third-order valence-corrected chi connectivity index (χ3v) is 3.54. The molecular weight excluding hydrogens is 294 g/mol. The maximum atomic E-state index is 11.9. The van der Waals surface area contributed by atoms with Gasteiger partial charge in [-0.15, -0.1) is 0 Å². The van der Waals surface area contributed by atoms with Gasteiger partial charge < -0.3 is 14.2 Å². The first-order valence-corrected chi connectivity index (χ1v) is 7.41. The summed E-state index contributed by atoms with van der Waals surface area (Å²) in [5.41, 5.74) is 1.82. The number of carbonyl (C=O) groups is 1. The second-order valence-electron chi connectivity index (χ2n) is 6.50. The topological polar surface area (TPSA) is 57.1 Å². The van der Waals surface area contributed by atoms with Crippen molar-refractivity contribution in [3.05, 3.63) is 41.1 Å². The summed E-state index contributed by atoms with van der Waals surface area (Å²) in [7, 11) is 1.62. The van der Waals surface area contributed by atoms with Crippen LogP contribution in [-0.2, 0) is 9.53 Å². The SMILES string of the molecule is COc1ccc2c(c1)OCC(C=C1N=C(C(C)(C)C)OC1=O)=C2. The van der Waals surface area contributed by atoms with E-state index in [2.05, 4.69) is 4.99 Å². The predicted molar refractivity (Wildman–Crippen MR) is 87.5 cm³/mol. The summed E-state index contributed by atoms with van der Waals surface area (Å²) in [6.45, 7) is 6.23. The lowest BCUT2D eigenvalue weighted by Crippen LogP contribution is -2.21. The number of fused-ring (bicyclic) bond motifs is 1. The summed E-state index contributed by atoms with van der Waals surface area (Å²) in [6.07, 6.45) is 3.69. The van der Waals surface area contributed by atoms with Crippen molar-refractivity contribution in [2.45, 2.75) is 20.8 Å². The number of methoxy groups -OCH3 is 1. The third kappa shape index (κ3) is 3.13. The van der Waals surface area contributed by atoms with Crippen molar-refractivity contribution >= 4 is 17.9 Å². The Labute approximate surface area is 135 Å². The van der Waals surface area contributed by atoms with Crippen LogP contribution in [0.25, 0.3) is 6.08 Å². The molecule has 0 aromatic heterocycles. The number of hydrogen-bond donors (Lipinski definition) is 0. The Morgan fingerprint density at radius 3 is 2.74 bits per heavy atom. The Kier molecular flexibility index (Phi) is 3.72. The van der Waals surface area contributed by atoms with Gasteiger partial charge >= 0.3 is 5.97 Å². The van der Waals surface area contributed by atoms with E-state index in [1.54, 1.807) is 13.2 Å². The van der Waals surface area contributed by atoms with E-state index in [0.29, 0.717) is 18.2 Å². The minimum Gasteiger partial charge on any atom is -0.497 e. The van der Waals surface area contributed by atoms with E-state index in [9.17, 15) is 4.79 Å². The van der Waals surface area contributed by atoms with Gasteiger partial charge in [-0.1, -0.05) is 20.8 Å². The molecule has 5 heteroatoms. The first-order chi connectivity index (χ1) is 10.9. The molecule has 0 amide bonds. The van der Waals surface area contributed by atoms with Crippen LogP contribution < -0.4 is 9.47 Å². The highest BCUT2D eigenvalue weighted by molar-refractivity contribution is 6.06. The van der Waals surface area contributed by atoms with E-state index < -0.39 is 5.97 Å². The lowest BCUT2D eigenvalue weighted by atomic mass is 9.97. The molecule has 0 aliphatic carbocycles. The minimum absolute atomic E-state index is 0.300. The van der Waals surface area contributed by atoms with Crippen molar-refractivity contribution in [3.8, 4) is 11.5 Å². The van der Waals surface area contributed by atoms with E-state index in [-0.39, 0.29) is 5.41 Å². The molecule has 3 rings (SSSR count). The van der Waals surface area contributed by atoms with Crippen molar-refractivity contribution in [2.24, 2.45) is 10.4 Å². The van der Waals surface area contributed by atoms with Crippen LogP contribution in [0, 0.1) is 5.41 Å². The second kappa shape index (κ2) is 5.57. The van der Waals surface area contributed by atoms with Gasteiger partial charge in [-0.25, -0.2) is 9.79 Å². The summed E-state index contributed by atoms with van der Waals surface area (Å²) >= 11 is 0. The Hall–Kier alpha value is -2.56. The molecule has 2 heterocycles. The molecule has 120 valence electrons. The summed E-state index contributed by atoms with van der Waals surface area (Å²) in [5.74, 6) is 1.53. The van der Waals surface area contributed by atoms with Gasteiger partial charge in [0.25, 0.3) is 0 Å². The number of carbonyl (C=O) groups excluding carboxylic acids is 1. The van der Waals surface area contributed by atoms with E-state index >= 15 is 0 Å². The molecule has 1 aromatic carbocycles. The van der Waals surface area contributed by atoms with Crippen molar-refractivity contribution in [1.29, 1.82) is 0 Å². The number of cyclic esters (lactones) is 1. The number of aliphatic imine (C=N–C) groups is 1. The van der Waals surface area contributed by atoms with Crippen molar-refractivity contribution in [1.82, 2.24) is 0 Å². The van der Waals surface area contributed by atoms with Gasteiger partial charge in [-0.2, -0.15) is 0 Å². The lowest BCUT2D eigenvalue weighted by molar-refractivity contribution is -0.130. The Balaban J connectivity index is 1.90. The van der Waals surface area contributed by atoms with Crippen molar-refractivity contribution in [2.75, 3.05) is 13.7 Å². The zero-order chi connectivity index (χ0) is 16.6. The van der Waals surface area contributed by atoms with Crippen molar-refractivity contribution in [3.63, 3.8) is 0 Å². The summed E-state index contributed by atoms with van der Waals surface area (Å²) in [6, 6.07) is 5.63. The normalized spacial score (nSPS) is 18.8. The molecule has 0 unspecified atom stereocenters. The van der Waals surface area contributed by atoms with Gasteiger partial charge in [0.1, 0.15) is 18.1 Å². The Bertz CT molecular complexity index is 751. The standard InChI is InChI=1S/C18H19NO4/c1-18(2,3)17-19-14(16(20)23-17)8-11-7-12-5-6-13(21-4)9-15(12)22-10-11/h5-9H,10H2,1-4H3. The van der Waals surface area contributed by atoms with Gasteiger partial charge in [0.15, 0.2) is 5.70 Å². The molecule has 23 heavy (non-hydrogen) atoms. The molecule has 0 saturated heterocycles. The van der Waals surface area contributed by atoms with Crippen LogP contribution >= 0.6 is 0 Å². The molecule has 0 saturated carbocycles. The average Bonchev–Trinajstić information content (AvgIpc) is 2.88. The molecule has 2 aliphatic rings. The minimum atomic E-state index is -0.420. The molecule has 0 fully saturated rings. The number of ether oxygens (including phenoxy) is 3. The van der Waals surface area contributed by atoms with E-state index in [1.807, 2.05) is 45.0 Å². The number of rotatable bonds is 2. The van der Waals surface area contributed by atoms with Crippen LogP contribution in [0.4, 0.5) is 0 Å². The summed E-state index contributed by atoms with van der Waals surface area (Å²) in [5, 5.41) is 0. The fraction of sp³-hybridized carbons (Fsp3) is 0.333. The quantitative estimate of drug-likeness (QED) is 0.620. The van der Waals surface area contributed by atoms with Gasteiger partial charge in [0.05, 0.1) is 7.11 Å². The van der Waals surface area contributed by atoms with E-state index in [1.165, 1.54) is 0 Å². The molecule has 2 aliphatic heterocycles. The lowest BCUT2D eigenvalue weighted by Gasteiger charge is -2.16. The van der Waals surface area contributed by atoms with Crippen molar-refractivity contribution < 1.29 is 19.0 Å². The molecule has 5 nitrogen and oxygen atoms in total. The molecule has 0 atom stereocenters. The molecule has 0 bridgehead atoms. The summed E-state index contributed by atoms with van der Waals surface area (Å²) < 4.78 is 16.1. The smallest absolute Gasteiger partial charge is 0.363 e. The van der Waals surface area contributed by atoms with Crippen LogP contribution in [0.5, 0.6) is 11.5 Å². The van der Waals surface area contributed by atoms with Crippen LogP contribution in [0.3, 0.4) is 0 Å². The fourth-order valence-electron chi connectivity index (χ4n) is 2.28. The Morgan fingerprint density at radius 2 is 2.09 bits per heavy atom. The highest BCUT2D eigenvalue weighted by atomic mass is 16.6. The Morgan fingerprint density at radius 1 is 1.30 bits per heavy atom. The van der Waals surface area contributed by atoms with Gasteiger partial charge in [0.2, 0.25) is 5.90 Å². The fourth-order valence-corrected chi connectivity index (χ4v) is 2.28. The first-order valence-electron chi connectivity index (χ1n) is 7.41. The van der Waals surface area contributed by atoms with Crippen LogP contribution in [0.1, 0.15) is 26.3 Å². The largest absolute Gasteiger partial charge is 0.497 e. The van der Waals surface area contributed by atoms with E-state index in [4.69, 9.17) is 14.2 Å².